The van der Waals surface area contributed by atoms with Gasteiger partial charge in [0, 0.05) is 19.2 Å². The van der Waals surface area contributed by atoms with Crippen LogP contribution in [0.4, 0.5) is 0 Å². The van der Waals surface area contributed by atoms with Crippen LogP contribution in [0.1, 0.15) is 42.0 Å². The Bertz CT molecular complexity index is 350. The minimum Gasteiger partial charge on any atom is -0.294 e. The van der Waals surface area contributed by atoms with Gasteiger partial charge >= 0.3 is 0 Å². The molecular formula is C11H18N2O. The topological polar surface area (TPSA) is 34.9 Å². The van der Waals surface area contributed by atoms with Gasteiger partial charge in [0.2, 0.25) is 0 Å². The van der Waals surface area contributed by atoms with E-state index in [9.17, 15) is 4.79 Å². The highest BCUT2D eigenvalue weighted by Crippen LogP contribution is 2.16. The summed E-state index contributed by atoms with van der Waals surface area (Å²) in [6, 6.07) is 0. The highest BCUT2D eigenvalue weighted by Gasteiger charge is 2.17. The summed E-state index contributed by atoms with van der Waals surface area (Å²) in [4.78, 5) is 11.9. The molecule has 0 amide bonds. The second-order valence-electron chi connectivity index (χ2n) is 4.19. The molecule has 0 saturated heterocycles. The molecule has 3 nitrogen and oxygen atoms in total. The Balaban J connectivity index is 3.00. The first-order chi connectivity index (χ1) is 6.43. The molecule has 0 spiro atoms. The minimum absolute atomic E-state index is 0.211. The number of carbonyl (C=O) groups is 1. The van der Waals surface area contributed by atoms with Gasteiger partial charge in [0.05, 0.1) is 11.3 Å². The molecule has 1 aromatic rings. The molecule has 0 radical (unpaired) electrons. The number of aromatic nitrogens is 2. The van der Waals surface area contributed by atoms with Gasteiger partial charge in [-0.05, 0) is 19.8 Å². The van der Waals surface area contributed by atoms with E-state index in [4.69, 9.17) is 0 Å². The Hall–Kier alpha value is -1.12. The van der Waals surface area contributed by atoms with Crippen molar-refractivity contribution in [2.45, 2.75) is 34.1 Å². The molecule has 0 aliphatic carbocycles. The number of aryl methyl sites for hydroxylation is 2. The summed E-state index contributed by atoms with van der Waals surface area (Å²) in [6.45, 7) is 7.94. The van der Waals surface area contributed by atoms with Crippen LogP contribution in [-0.2, 0) is 7.05 Å². The highest BCUT2D eigenvalue weighted by molar-refractivity contribution is 5.98. The summed E-state index contributed by atoms with van der Waals surface area (Å²) < 4.78 is 1.77. The van der Waals surface area contributed by atoms with E-state index in [0.29, 0.717) is 12.3 Å². The molecule has 78 valence electrons. The van der Waals surface area contributed by atoms with E-state index >= 15 is 0 Å². The molecule has 0 atom stereocenters. The van der Waals surface area contributed by atoms with Crippen LogP contribution in [0.3, 0.4) is 0 Å². The second-order valence-corrected chi connectivity index (χ2v) is 4.19. The van der Waals surface area contributed by atoms with Crippen molar-refractivity contribution in [1.82, 2.24) is 9.78 Å². The average molecular weight is 194 g/mol. The fourth-order valence-corrected chi connectivity index (χ4v) is 1.65. The Morgan fingerprint density at radius 2 is 2.00 bits per heavy atom. The lowest BCUT2D eigenvalue weighted by atomic mass is 10.00. The van der Waals surface area contributed by atoms with Crippen LogP contribution in [0.15, 0.2) is 0 Å². The first-order valence-electron chi connectivity index (χ1n) is 4.97. The molecule has 0 fully saturated rings. The molecule has 1 rings (SSSR count). The van der Waals surface area contributed by atoms with E-state index in [1.54, 1.807) is 4.68 Å². The zero-order valence-electron chi connectivity index (χ0n) is 9.59. The van der Waals surface area contributed by atoms with Crippen LogP contribution in [0.2, 0.25) is 0 Å². The number of hydrogen-bond donors (Lipinski definition) is 0. The average Bonchev–Trinajstić information content (AvgIpc) is 2.25. The first kappa shape index (κ1) is 11.0. The maximum Gasteiger partial charge on any atom is 0.166 e. The number of nitrogens with zero attached hydrogens (tertiary/aromatic N) is 2. The molecule has 0 bridgehead atoms. The van der Waals surface area contributed by atoms with Gasteiger partial charge in [-0.15, -0.1) is 0 Å². The Labute approximate surface area is 85.1 Å². The number of carbonyl (C=O) groups excluding carboxylic acids is 1. The molecule has 14 heavy (non-hydrogen) atoms. The third kappa shape index (κ3) is 2.03. The van der Waals surface area contributed by atoms with Crippen LogP contribution in [0, 0.1) is 19.8 Å². The summed E-state index contributed by atoms with van der Waals surface area (Å²) in [5.74, 6) is 0.615. The van der Waals surface area contributed by atoms with Crippen molar-refractivity contribution >= 4 is 5.78 Å². The van der Waals surface area contributed by atoms with E-state index < -0.39 is 0 Å². The Morgan fingerprint density at radius 3 is 2.36 bits per heavy atom. The number of Topliss-reactive ketones (excluding diaryl/α,β-unsaturated/α-hetero) is 1. The van der Waals surface area contributed by atoms with Crippen LogP contribution in [0.5, 0.6) is 0 Å². The molecule has 0 N–H and O–H groups in total. The maximum atomic E-state index is 11.9. The summed E-state index contributed by atoms with van der Waals surface area (Å²) in [7, 11) is 1.87. The number of hydrogen-bond acceptors (Lipinski definition) is 2. The standard InChI is InChI=1S/C11H18N2O/c1-7(2)6-10(14)11-8(3)12-13(5)9(11)4/h7H,6H2,1-5H3. The summed E-state index contributed by atoms with van der Waals surface area (Å²) >= 11 is 0. The fraction of sp³-hybridized carbons (Fsp3) is 0.636. The Kier molecular flexibility index (Phi) is 3.09. The van der Waals surface area contributed by atoms with Crippen LogP contribution in [-0.4, -0.2) is 15.6 Å². The predicted molar refractivity (Wildman–Crippen MR) is 56.5 cm³/mol. The van der Waals surface area contributed by atoms with Gasteiger partial charge in [-0.3, -0.25) is 9.48 Å². The molecular weight excluding hydrogens is 176 g/mol. The molecule has 1 aromatic heterocycles. The molecule has 0 unspecified atom stereocenters. The zero-order chi connectivity index (χ0) is 10.9. The minimum atomic E-state index is 0.211. The smallest absolute Gasteiger partial charge is 0.166 e. The van der Waals surface area contributed by atoms with Crippen LogP contribution in [0.25, 0.3) is 0 Å². The SMILES string of the molecule is Cc1nn(C)c(C)c1C(=O)CC(C)C. The largest absolute Gasteiger partial charge is 0.294 e. The van der Waals surface area contributed by atoms with Crippen LogP contribution >= 0.6 is 0 Å². The number of ketones is 1. The quantitative estimate of drug-likeness (QED) is 0.692. The van der Waals surface area contributed by atoms with Crippen molar-refractivity contribution in [2.75, 3.05) is 0 Å². The summed E-state index contributed by atoms with van der Waals surface area (Å²) in [6.07, 6.45) is 0.605. The highest BCUT2D eigenvalue weighted by atomic mass is 16.1. The van der Waals surface area contributed by atoms with E-state index in [-0.39, 0.29) is 5.78 Å². The first-order valence-corrected chi connectivity index (χ1v) is 4.97. The van der Waals surface area contributed by atoms with Gasteiger partial charge in [0.1, 0.15) is 0 Å². The fourth-order valence-electron chi connectivity index (χ4n) is 1.65. The number of rotatable bonds is 3. The molecule has 0 saturated carbocycles. The van der Waals surface area contributed by atoms with Gasteiger partial charge in [-0.25, -0.2) is 0 Å². The summed E-state index contributed by atoms with van der Waals surface area (Å²) in [5.41, 5.74) is 2.62. The van der Waals surface area contributed by atoms with Gasteiger partial charge in [0.25, 0.3) is 0 Å². The maximum absolute atomic E-state index is 11.9. The molecule has 3 heteroatoms. The monoisotopic (exact) mass is 194 g/mol. The van der Waals surface area contributed by atoms with Crippen molar-refractivity contribution in [3.8, 4) is 0 Å². The second kappa shape index (κ2) is 3.95. The van der Waals surface area contributed by atoms with Crippen molar-refractivity contribution in [2.24, 2.45) is 13.0 Å². The molecule has 1 heterocycles. The van der Waals surface area contributed by atoms with Crippen molar-refractivity contribution in [1.29, 1.82) is 0 Å². The lowest BCUT2D eigenvalue weighted by molar-refractivity contribution is 0.0966. The Morgan fingerprint density at radius 1 is 1.43 bits per heavy atom. The van der Waals surface area contributed by atoms with Gasteiger partial charge in [0.15, 0.2) is 5.78 Å². The summed E-state index contributed by atoms with van der Waals surface area (Å²) in [5, 5.41) is 4.23. The van der Waals surface area contributed by atoms with Crippen molar-refractivity contribution in [3.05, 3.63) is 17.0 Å². The van der Waals surface area contributed by atoms with Gasteiger partial charge in [-0.2, -0.15) is 5.10 Å². The predicted octanol–water partition coefficient (Wildman–Crippen LogP) is 2.27. The third-order valence-electron chi connectivity index (χ3n) is 2.38. The van der Waals surface area contributed by atoms with Gasteiger partial charge in [-0.1, -0.05) is 13.8 Å². The lowest BCUT2D eigenvalue weighted by Gasteiger charge is -2.03. The van der Waals surface area contributed by atoms with Crippen molar-refractivity contribution < 1.29 is 4.79 Å². The van der Waals surface area contributed by atoms with E-state index in [1.807, 2.05) is 20.9 Å². The molecule has 0 aromatic carbocycles. The normalized spacial score (nSPS) is 11.0. The van der Waals surface area contributed by atoms with Crippen molar-refractivity contribution in [3.63, 3.8) is 0 Å². The zero-order valence-corrected chi connectivity index (χ0v) is 9.59. The molecule has 0 aliphatic heterocycles. The van der Waals surface area contributed by atoms with E-state index in [1.165, 1.54) is 0 Å². The third-order valence-corrected chi connectivity index (χ3v) is 2.38. The van der Waals surface area contributed by atoms with E-state index in [0.717, 1.165) is 17.0 Å². The van der Waals surface area contributed by atoms with Gasteiger partial charge < -0.3 is 0 Å². The van der Waals surface area contributed by atoms with Crippen LogP contribution < -0.4 is 0 Å². The lowest BCUT2D eigenvalue weighted by Crippen LogP contribution is -2.06. The van der Waals surface area contributed by atoms with E-state index in [2.05, 4.69) is 18.9 Å². The molecule has 0 aliphatic rings.